The van der Waals surface area contributed by atoms with Crippen molar-refractivity contribution in [3.05, 3.63) is 63.9 Å². The van der Waals surface area contributed by atoms with E-state index in [-0.39, 0.29) is 0 Å². The summed E-state index contributed by atoms with van der Waals surface area (Å²) in [6.07, 6.45) is 1.05. The minimum Gasteiger partial charge on any atom is -0.331 e. The smallest absolute Gasteiger partial charge is 0.178 e. The average molecular weight is 317 g/mol. The van der Waals surface area contributed by atoms with Crippen LogP contribution in [0.2, 0.25) is 5.02 Å². The summed E-state index contributed by atoms with van der Waals surface area (Å²) in [6.45, 7) is 3.15. The molecule has 2 nitrogen and oxygen atoms in total. The molecule has 1 unspecified atom stereocenters. The molecule has 0 amide bonds. The molecule has 0 aliphatic heterocycles. The van der Waals surface area contributed by atoms with Gasteiger partial charge in [0.2, 0.25) is 0 Å². The van der Waals surface area contributed by atoms with Crippen LogP contribution in [0.5, 0.6) is 0 Å². The van der Waals surface area contributed by atoms with Gasteiger partial charge in [0.15, 0.2) is 4.77 Å². The Morgan fingerprint density at radius 3 is 2.71 bits per heavy atom. The number of halogens is 1. The van der Waals surface area contributed by atoms with Gasteiger partial charge in [-0.2, -0.15) is 0 Å². The molecule has 1 atom stereocenters. The normalized spacial score (nSPS) is 12.7. The Bertz CT molecular complexity index is 805. The second-order valence-corrected chi connectivity index (χ2v) is 6.17. The van der Waals surface area contributed by atoms with E-state index < -0.39 is 0 Å². The maximum Gasteiger partial charge on any atom is 0.178 e. The largest absolute Gasteiger partial charge is 0.331 e. The quantitative estimate of drug-likeness (QED) is 0.626. The van der Waals surface area contributed by atoms with Crippen molar-refractivity contribution in [2.45, 2.75) is 25.8 Å². The van der Waals surface area contributed by atoms with Crippen LogP contribution >= 0.6 is 23.8 Å². The molecule has 0 fully saturated rings. The Morgan fingerprint density at radius 2 is 1.95 bits per heavy atom. The zero-order valence-electron chi connectivity index (χ0n) is 11.8. The number of hydrogen-bond donors (Lipinski definition) is 1. The molecule has 0 aliphatic carbocycles. The number of aromatic nitrogens is 2. The van der Waals surface area contributed by atoms with Crippen LogP contribution in [0.1, 0.15) is 24.8 Å². The van der Waals surface area contributed by atoms with Gasteiger partial charge < -0.3 is 9.55 Å². The molecule has 0 radical (unpaired) electrons. The highest BCUT2D eigenvalue weighted by Crippen LogP contribution is 2.23. The molecule has 3 aromatic rings. The fraction of sp³-hybridized carbons (Fsp3) is 0.235. The van der Waals surface area contributed by atoms with Crippen molar-refractivity contribution in [1.82, 2.24) is 9.55 Å². The van der Waals surface area contributed by atoms with E-state index in [9.17, 15) is 0 Å². The molecule has 1 aromatic heterocycles. The number of H-pyrrole nitrogens is 1. The minimum atomic E-state index is 0.505. The lowest BCUT2D eigenvalue weighted by molar-refractivity contribution is 0.582. The molecule has 0 saturated carbocycles. The summed E-state index contributed by atoms with van der Waals surface area (Å²) >= 11 is 11.5. The summed E-state index contributed by atoms with van der Waals surface area (Å²) in [4.78, 5) is 3.22. The van der Waals surface area contributed by atoms with Gasteiger partial charge in [-0.05, 0) is 48.3 Å². The van der Waals surface area contributed by atoms with Crippen molar-refractivity contribution in [1.29, 1.82) is 0 Å². The van der Waals surface area contributed by atoms with Crippen molar-refractivity contribution in [2.24, 2.45) is 0 Å². The van der Waals surface area contributed by atoms with Crippen molar-refractivity contribution in [2.75, 3.05) is 0 Å². The third-order valence-electron chi connectivity index (χ3n) is 3.89. The maximum absolute atomic E-state index is 6.02. The van der Waals surface area contributed by atoms with E-state index in [1.54, 1.807) is 0 Å². The van der Waals surface area contributed by atoms with Gasteiger partial charge >= 0.3 is 0 Å². The molecule has 3 rings (SSSR count). The Kier molecular flexibility index (Phi) is 4.13. The van der Waals surface area contributed by atoms with Gasteiger partial charge in [-0.25, -0.2) is 0 Å². The van der Waals surface area contributed by atoms with E-state index in [0.717, 1.165) is 33.8 Å². The van der Waals surface area contributed by atoms with E-state index >= 15 is 0 Å². The monoisotopic (exact) mass is 316 g/mol. The number of aromatic amines is 1. The predicted octanol–water partition coefficient (Wildman–Crippen LogP) is 5.55. The lowest BCUT2D eigenvalue weighted by atomic mass is 9.98. The van der Waals surface area contributed by atoms with Gasteiger partial charge in [-0.1, -0.05) is 48.9 Å². The number of hydrogen-bond acceptors (Lipinski definition) is 1. The van der Waals surface area contributed by atoms with E-state index in [2.05, 4.69) is 46.8 Å². The van der Waals surface area contributed by atoms with Crippen molar-refractivity contribution < 1.29 is 0 Å². The van der Waals surface area contributed by atoms with Crippen molar-refractivity contribution in [3.63, 3.8) is 0 Å². The lowest BCUT2D eigenvalue weighted by Crippen LogP contribution is -2.03. The highest BCUT2D eigenvalue weighted by atomic mass is 35.5. The Hall–Kier alpha value is -1.58. The zero-order valence-corrected chi connectivity index (χ0v) is 13.4. The molecule has 1 N–H and O–H groups in total. The standard InChI is InChI=1S/C17H17ClN2S/c1-12(13-5-3-2-4-6-13)9-10-20-16-8-7-14(18)11-15(16)19-17(20)21/h2-8,11-12H,9-10H2,1H3,(H,19,21). The van der Waals surface area contributed by atoms with Gasteiger partial charge in [0.1, 0.15) is 0 Å². The summed E-state index contributed by atoms with van der Waals surface area (Å²) in [5.74, 6) is 0.505. The van der Waals surface area contributed by atoms with Crippen molar-refractivity contribution in [3.8, 4) is 0 Å². The molecule has 0 aliphatic rings. The summed E-state index contributed by atoms with van der Waals surface area (Å²) in [7, 11) is 0. The maximum atomic E-state index is 6.02. The number of imidazole rings is 1. The summed E-state index contributed by atoms with van der Waals surface area (Å²) in [5.41, 5.74) is 3.48. The van der Waals surface area contributed by atoms with E-state index in [0.29, 0.717) is 5.92 Å². The fourth-order valence-electron chi connectivity index (χ4n) is 2.63. The SMILES string of the molecule is CC(CCn1c(=S)[nH]c2cc(Cl)ccc21)c1ccccc1. The van der Waals surface area contributed by atoms with Crippen LogP contribution in [0.4, 0.5) is 0 Å². The molecule has 0 bridgehead atoms. The summed E-state index contributed by atoms with van der Waals surface area (Å²) in [6, 6.07) is 16.4. The highest BCUT2D eigenvalue weighted by molar-refractivity contribution is 7.71. The number of nitrogens with zero attached hydrogens (tertiary/aromatic N) is 1. The van der Waals surface area contributed by atoms with Crippen LogP contribution < -0.4 is 0 Å². The van der Waals surface area contributed by atoms with Crippen LogP contribution in [0.15, 0.2) is 48.5 Å². The Balaban J connectivity index is 1.82. The molecule has 1 heterocycles. The summed E-state index contributed by atoms with van der Waals surface area (Å²) < 4.78 is 2.91. The first-order valence-electron chi connectivity index (χ1n) is 7.08. The average Bonchev–Trinajstić information content (AvgIpc) is 2.80. The molecule has 2 aromatic carbocycles. The molecule has 108 valence electrons. The second kappa shape index (κ2) is 6.04. The number of rotatable bonds is 4. The molecule has 0 spiro atoms. The van der Waals surface area contributed by atoms with Crippen LogP contribution in [-0.2, 0) is 6.54 Å². The third-order valence-corrected chi connectivity index (χ3v) is 4.45. The predicted molar refractivity (Wildman–Crippen MR) is 91.6 cm³/mol. The Labute approximate surface area is 134 Å². The molecule has 0 saturated heterocycles. The van der Waals surface area contributed by atoms with Gasteiger partial charge in [-0.3, -0.25) is 0 Å². The van der Waals surface area contributed by atoms with E-state index in [4.69, 9.17) is 23.8 Å². The number of fused-ring (bicyclic) bond motifs is 1. The van der Waals surface area contributed by atoms with Crippen LogP contribution in [0, 0.1) is 4.77 Å². The number of nitrogens with one attached hydrogen (secondary N) is 1. The Morgan fingerprint density at radius 1 is 1.19 bits per heavy atom. The number of benzene rings is 2. The third kappa shape index (κ3) is 3.04. The molecular formula is C17H17ClN2S. The fourth-order valence-corrected chi connectivity index (χ4v) is 3.10. The van der Waals surface area contributed by atoms with Gasteiger partial charge in [0.25, 0.3) is 0 Å². The van der Waals surface area contributed by atoms with E-state index in [1.807, 2.05) is 18.2 Å². The molecule has 4 heteroatoms. The molecule has 21 heavy (non-hydrogen) atoms. The first-order valence-corrected chi connectivity index (χ1v) is 7.87. The lowest BCUT2D eigenvalue weighted by Gasteiger charge is -2.12. The van der Waals surface area contributed by atoms with Crippen LogP contribution in [-0.4, -0.2) is 9.55 Å². The number of aryl methyl sites for hydroxylation is 1. The first kappa shape index (κ1) is 14.4. The van der Waals surface area contributed by atoms with Crippen LogP contribution in [0.25, 0.3) is 11.0 Å². The minimum absolute atomic E-state index is 0.505. The van der Waals surface area contributed by atoms with Crippen LogP contribution in [0.3, 0.4) is 0 Å². The van der Waals surface area contributed by atoms with Gasteiger partial charge in [0.05, 0.1) is 11.0 Å². The topological polar surface area (TPSA) is 20.7 Å². The second-order valence-electron chi connectivity index (χ2n) is 5.34. The van der Waals surface area contributed by atoms with Gasteiger partial charge in [-0.15, -0.1) is 0 Å². The van der Waals surface area contributed by atoms with Crippen molar-refractivity contribution >= 4 is 34.9 Å². The zero-order chi connectivity index (χ0) is 14.8. The van der Waals surface area contributed by atoms with Gasteiger partial charge in [0, 0.05) is 11.6 Å². The summed E-state index contributed by atoms with van der Waals surface area (Å²) in [5, 5.41) is 0.726. The van der Waals surface area contributed by atoms with E-state index in [1.165, 1.54) is 5.56 Å². The highest BCUT2D eigenvalue weighted by Gasteiger charge is 2.08. The molecular weight excluding hydrogens is 300 g/mol. The first-order chi connectivity index (χ1) is 10.1.